The van der Waals surface area contributed by atoms with Crippen LogP contribution in [0.15, 0.2) is 24.3 Å². The van der Waals surface area contributed by atoms with Gasteiger partial charge in [-0.15, -0.1) is 0 Å². The topological polar surface area (TPSA) is 44.5 Å². The number of rotatable bonds is 7. The summed E-state index contributed by atoms with van der Waals surface area (Å²) in [5, 5.41) is 0. The first-order valence-electron chi connectivity index (χ1n) is 7.37. The van der Waals surface area contributed by atoms with Crippen molar-refractivity contribution in [1.82, 2.24) is 0 Å². The predicted octanol–water partition coefficient (Wildman–Crippen LogP) is 2.91. The predicted molar refractivity (Wildman–Crippen MR) is 77.5 cm³/mol. The molecule has 0 aliphatic carbocycles. The highest BCUT2D eigenvalue weighted by atomic mass is 16.5. The van der Waals surface area contributed by atoms with Crippen LogP contribution in [0.4, 0.5) is 0 Å². The molecule has 1 aliphatic rings. The maximum atomic E-state index is 5.98. The molecule has 19 heavy (non-hydrogen) atoms. The van der Waals surface area contributed by atoms with Crippen LogP contribution in [0.2, 0.25) is 0 Å². The molecule has 1 saturated heterocycles. The largest absolute Gasteiger partial charge is 0.493 e. The quantitative estimate of drug-likeness (QED) is 0.822. The molecule has 0 saturated carbocycles. The van der Waals surface area contributed by atoms with E-state index in [0.29, 0.717) is 6.10 Å². The normalized spacial score (nSPS) is 20.4. The fourth-order valence-corrected chi connectivity index (χ4v) is 2.39. The number of hydrogen-bond donors (Lipinski definition) is 1. The molecular formula is C16H25NO2. The zero-order chi connectivity index (χ0) is 13.5. The molecule has 1 fully saturated rings. The Hall–Kier alpha value is -1.06. The van der Waals surface area contributed by atoms with Crippen LogP contribution < -0.4 is 10.5 Å². The number of benzene rings is 1. The van der Waals surface area contributed by atoms with Gasteiger partial charge in [-0.05, 0) is 43.4 Å². The summed E-state index contributed by atoms with van der Waals surface area (Å²) in [5.74, 6) is 0.943. The van der Waals surface area contributed by atoms with E-state index < -0.39 is 0 Å². The summed E-state index contributed by atoms with van der Waals surface area (Å²) < 4.78 is 11.4. The van der Waals surface area contributed by atoms with Gasteiger partial charge in [-0.25, -0.2) is 0 Å². The van der Waals surface area contributed by atoms with Gasteiger partial charge in [0, 0.05) is 19.1 Å². The summed E-state index contributed by atoms with van der Waals surface area (Å²) >= 11 is 0. The highest BCUT2D eigenvalue weighted by Crippen LogP contribution is 2.18. The molecule has 0 bridgehead atoms. The van der Waals surface area contributed by atoms with Gasteiger partial charge in [-0.2, -0.15) is 0 Å². The fourth-order valence-electron chi connectivity index (χ4n) is 2.39. The number of nitrogens with two attached hydrogens (primary N) is 1. The Balaban J connectivity index is 1.77. The zero-order valence-electron chi connectivity index (χ0n) is 11.8. The standard InChI is InChI=1S/C16H25NO2/c1-2-14(17)11-13-5-3-6-16(12-13)19-10-8-15-7-4-9-18-15/h3,5-6,12,14-15H,2,4,7-11,17H2,1H3. The second-order valence-electron chi connectivity index (χ2n) is 5.29. The van der Waals surface area contributed by atoms with E-state index in [9.17, 15) is 0 Å². The molecule has 2 rings (SSSR count). The average Bonchev–Trinajstić information content (AvgIpc) is 2.92. The van der Waals surface area contributed by atoms with Crippen molar-refractivity contribution in [3.8, 4) is 5.75 Å². The van der Waals surface area contributed by atoms with Crippen molar-refractivity contribution in [2.45, 2.75) is 51.2 Å². The van der Waals surface area contributed by atoms with E-state index in [2.05, 4.69) is 19.1 Å². The molecule has 0 amide bonds. The van der Waals surface area contributed by atoms with Gasteiger partial charge in [-0.3, -0.25) is 0 Å². The Morgan fingerprint density at radius 1 is 1.47 bits per heavy atom. The van der Waals surface area contributed by atoms with Crippen molar-refractivity contribution in [1.29, 1.82) is 0 Å². The third-order valence-corrected chi connectivity index (χ3v) is 3.65. The van der Waals surface area contributed by atoms with Crippen molar-refractivity contribution in [3.05, 3.63) is 29.8 Å². The molecule has 1 aromatic carbocycles. The number of hydrogen-bond acceptors (Lipinski definition) is 3. The lowest BCUT2D eigenvalue weighted by molar-refractivity contribution is 0.0903. The van der Waals surface area contributed by atoms with Crippen molar-refractivity contribution < 1.29 is 9.47 Å². The first kappa shape index (κ1) is 14.4. The van der Waals surface area contributed by atoms with Gasteiger partial charge in [0.05, 0.1) is 12.7 Å². The molecular weight excluding hydrogens is 238 g/mol. The lowest BCUT2D eigenvalue weighted by atomic mass is 10.0. The van der Waals surface area contributed by atoms with E-state index in [1.54, 1.807) is 0 Å². The van der Waals surface area contributed by atoms with Gasteiger partial charge in [0.25, 0.3) is 0 Å². The average molecular weight is 263 g/mol. The molecule has 1 aliphatic heterocycles. The Bertz CT molecular complexity index is 375. The molecule has 2 atom stereocenters. The molecule has 1 heterocycles. The van der Waals surface area contributed by atoms with E-state index in [4.69, 9.17) is 15.2 Å². The summed E-state index contributed by atoms with van der Waals surface area (Å²) in [6.07, 6.45) is 5.67. The molecule has 3 heteroatoms. The van der Waals surface area contributed by atoms with Crippen molar-refractivity contribution in [2.24, 2.45) is 5.73 Å². The Morgan fingerprint density at radius 3 is 3.11 bits per heavy atom. The van der Waals surface area contributed by atoms with Crippen molar-refractivity contribution >= 4 is 0 Å². The molecule has 2 unspecified atom stereocenters. The molecule has 2 N–H and O–H groups in total. The van der Waals surface area contributed by atoms with Crippen molar-refractivity contribution in [3.63, 3.8) is 0 Å². The minimum atomic E-state index is 0.238. The summed E-state index contributed by atoms with van der Waals surface area (Å²) in [5.41, 5.74) is 7.23. The zero-order valence-corrected chi connectivity index (χ0v) is 11.8. The van der Waals surface area contributed by atoms with Gasteiger partial charge in [0.15, 0.2) is 0 Å². The van der Waals surface area contributed by atoms with Crippen LogP contribution in [-0.2, 0) is 11.2 Å². The first-order valence-corrected chi connectivity index (χ1v) is 7.37. The van der Waals surface area contributed by atoms with E-state index in [1.165, 1.54) is 18.4 Å². The highest BCUT2D eigenvalue weighted by Gasteiger charge is 2.15. The number of ether oxygens (including phenoxy) is 2. The second kappa shape index (κ2) is 7.51. The lowest BCUT2D eigenvalue weighted by Gasteiger charge is -2.12. The van der Waals surface area contributed by atoms with Crippen LogP contribution in [0.25, 0.3) is 0 Å². The second-order valence-corrected chi connectivity index (χ2v) is 5.29. The van der Waals surface area contributed by atoms with Crippen LogP contribution in [0.1, 0.15) is 38.2 Å². The van der Waals surface area contributed by atoms with Crippen LogP contribution in [-0.4, -0.2) is 25.4 Å². The smallest absolute Gasteiger partial charge is 0.119 e. The molecule has 0 spiro atoms. The van der Waals surface area contributed by atoms with Crippen LogP contribution in [0.3, 0.4) is 0 Å². The summed E-state index contributed by atoms with van der Waals surface area (Å²) in [6, 6.07) is 8.51. The Labute approximate surface area is 116 Å². The van der Waals surface area contributed by atoms with Crippen molar-refractivity contribution in [2.75, 3.05) is 13.2 Å². The summed E-state index contributed by atoms with van der Waals surface area (Å²) in [6.45, 7) is 3.76. The van der Waals surface area contributed by atoms with Gasteiger partial charge in [-0.1, -0.05) is 19.1 Å². The molecule has 3 nitrogen and oxygen atoms in total. The third-order valence-electron chi connectivity index (χ3n) is 3.65. The maximum Gasteiger partial charge on any atom is 0.119 e. The van der Waals surface area contributed by atoms with E-state index in [-0.39, 0.29) is 6.04 Å². The summed E-state index contributed by atoms with van der Waals surface area (Å²) in [7, 11) is 0. The Kier molecular flexibility index (Phi) is 5.67. The molecule has 106 valence electrons. The van der Waals surface area contributed by atoms with E-state index in [0.717, 1.165) is 38.2 Å². The van der Waals surface area contributed by atoms with Gasteiger partial charge >= 0.3 is 0 Å². The molecule has 1 aromatic rings. The maximum absolute atomic E-state index is 5.98. The Morgan fingerprint density at radius 2 is 2.37 bits per heavy atom. The van der Waals surface area contributed by atoms with Crippen LogP contribution in [0.5, 0.6) is 5.75 Å². The van der Waals surface area contributed by atoms with E-state index in [1.807, 2.05) is 12.1 Å². The van der Waals surface area contributed by atoms with Gasteiger partial charge in [0.1, 0.15) is 5.75 Å². The van der Waals surface area contributed by atoms with Gasteiger partial charge < -0.3 is 15.2 Å². The van der Waals surface area contributed by atoms with Crippen LogP contribution >= 0.6 is 0 Å². The fraction of sp³-hybridized carbons (Fsp3) is 0.625. The monoisotopic (exact) mass is 263 g/mol. The molecule has 0 aromatic heterocycles. The van der Waals surface area contributed by atoms with Crippen LogP contribution in [0, 0.1) is 0 Å². The minimum Gasteiger partial charge on any atom is -0.493 e. The third kappa shape index (κ3) is 4.84. The first-order chi connectivity index (χ1) is 9.28. The lowest BCUT2D eigenvalue weighted by Crippen LogP contribution is -2.21. The SMILES string of the molecule is CCC(N)Cc1cccc(OCCC2CCCO2)c1. The van der Waals surface area contributed by atoms with Gasteiger partial charge in [0.2, 0.25) is 0 Å². The highest BCUT2D eigenvalue weighted by molar-refractivity contribution is 5.29. The molecule has 0 radical (unpaired) electrons. The van der Waals surface area contributed by atoms with E-state index >= 15 is 0 Å². The minimum absolute atomic E-state index is 0.238. The summed E-state index contributed by atoms with van der Waals surface area (Å²) in [4.78, 5) is 0.